The average Bonchev–Trinajstić information content (AvgIpc) is 2.79. The van der Waals surface area contributed by atoms with Crippen LogP contribution in [0, 0.1) is 0 Å². The van der Waals surface area contributed by atoms with E-state index >= 15 is 0 Å². The summed E-state index contributed by atoms with van der Waals surface area (Å²) in [6, 6.07) is 15.9. The molecule has 0 N–H and O–H groups in total. The molecule has 0 bridgehead atoms. The third-order valence-electron chi connectivity index (χ3n) is 5.22. The first-order valence-corrected chi connectivity index (χ1v) is 11.8. The zero-order chi connectivity index (χ0) is 24.1. The minimum absolute atomic E-state index is 0.0890. The number of carbonyl (C=O) groups excluding carboxylic acids is 1. The molecule has 33 heavy (non-hydrogen) atoms. The third-order valence-corrected chi connectivity index (χ3v) is 5.22. The summed E-state index contributed by atoms with van der Waals surface area (Å²) < 4.78 is 10.9. The fourth-order valence-corrected chi connectivity index (χ4v) is 3.15. The van der Waals surface area contributed by atoms with Gasteiger partial charge >= 0.3 is 5.97 Å². The summed E-state index contributed by atoms with van der Waals surface area (Å²) in [5.41, 5.74) is 3.45. The van der Waals surface area contributed by atoms with Gasteiger partial charge in [0.25, 0.3) is 0 Å². The van der Waals surface area contributed by atoms with Crippen molar-refractivity contribution in [1.29, 1.82) is 0 Å². The fourth-order valence-electron chi connectivity index (χ4n) is 3.15. The van der Waals surface area contributed by atoms with E-state index in [0.717, 1.165) is 55.6 Å². The maximum Gasteiger partial charge on any atom is 0.333 e. The molecule has 0 aliphatic heterocycles. The molecule has 0 heterocycles. The zero-order valence-corrected chi connectivity index (χ0v) is 20.6. The lowest BCUT2D eigenvalue weighted by molar-refractivity contribution is -0.139. The number of benzene rings is 2. The minimum atomic E-state index is -0.297. The van der Waals surface area contributed by atoms with Gasteiger partial charge in [0.05, 0.1) is 24.6 Å². The molecule has 0 aromatic heterocycles. The Morgan fingerprint density at radius 3 is 2.09 bits per heavy atom. The van der Waals surface area contributed by atoms with Gasteiger partial charge in [0.2, 0.25) is 0 Å². The van der Waals surface area contributed by atoms with Gasteiger partial charge in [-0.05, 0) is 67.1 Å². The van der Waals surface area contributed by atoms with Crippen LogP contribution in [-0.2, 0) is 14.9 Å². The molecular formula is C28H38N2O3. The average molecular weight is 451 g/mol. The van der Waals surface area contributed by atoms with Crippen LogP contribution in [-0.4, -0.2) is 19.2 Å². The Morgan fingerprint density at radius 1 is 0.848 bits per heavy atom. The van der Waals surface area contributed by atoms with E-state index in [1.807, 2.05) is 36.4 Å². The molecular weight excluding hydrogens is 412 g/mol. The fraction of sp³-hybridized carbons (Fsp3) is 0.464. The second-order valence-electron chi connectivity index (χ2n) is 9.38. The summed E-state index contributed by atoms with van der Waals surface area (Å²) in [5, 5.41) is 8.72. The Hall–Kier alpha value is -2.95. The lowest BCUT2D eigenvalue weighted by atomic mass is 9.87. The van der Waals surface area contributed by atoms with E-state index < -0.39 is 0 Å². The number of azo groups is 1. The number of ether oxygens (including phenoxy) is 2. The van der Waals surface area contributed by atoms with Crippen molar-refractivity contribution in [3.63, 3.8) is 0 Å². The van der Waals surface area contributed by atoms with Gasteiger partial charge < -0.3 is 9.47 Å². The molecule has 178 valence electrons. The Bertz CT molecular complexity index is 911. The van der Waals surface area contributed by atoms with Crippen LogP contribution in [0.5, 0.6) is 5.75 Å². The van der Waals surface area contributed by atoms with Crippen molar-refractivity contribution in [3.8, 4) is 5.75 Å². The topological polar surface area (TPSA) is 60.2 Å². The van der Waals surface area contributed by atoms with E-state index in [-0.39, 0.29) is 11.4 Å². The number of carbonyl (C=O) groups is 1. The highest BCUT2D eigenvalue weighted by Crippen LogP contribution is 2.27. The summed E-state index contributed by atoms with van der Waals surface area (Å²) in [4.78, 5) is 11.3. The molecule has 0 saturated heterocycles. The van der Waals surface area contributed by atoms with Crippen LogP contribution in [0.25, 0.3) is 0 Å². The molecule has 0 saturated carbocycles. The molecule has 0 spiro atoms. The highest BCUT2D eigenvalue weighted by molar-refractivity contribution is 5.86. The van der Waals surface area contributed by atoms with Crippen LogP contribution in [0.3, 0.4) is 0 Å². The van der Waals surface area contributed by atoms with Crippen molar-refractivity contribution in [2.24, 2.45) is 10.2 Å². The van der Waals surface area contributed by atoms with Gasteiger partial charge in [-0.3, -0.25) is 0 Å². The molecule has 0 aliphatic carbocycles. The predicted octanol–water partition coefficient (Wildman–Crippen LogP) is 8.24. The Balaban J connectivity index is 1.61. The number of rotatable bonds is 13. The van der Waals surface area contributed by atoms with Crippen molar-refractivity contribution in [2.45, 2.75) is 71.6 Å². The third kappa shape index (κ3) is 10.5. The lowest BCUT2D eigenvalue weighted by Crippen LogP contribution is -2.10. The number of nitrogens with zero attached hydrogens (tertiary/aromatic N) is 2. The van der Waals surface area contributed by atoms with Crippen LogP contribution in [0.15, 0.2) is 70.9 Å². The summed E-state index contributed by atoms with van der Waals surface area (Å²) >= 11 is 0. The molecule has 5 nitrogen and oxygen atoms in total. The molecule has 5 heteroatoms. The highest BCUT2D eigenvalue weighted by Gasteiger charge is 2.13. The lowest BCUT2D eigenvalue weighted by Gasteiger charge is -2.18. The smallest absolute Gasteiger partial charge is 0.333 e. The van der Waals surface area contributed by atoms with Gasteiger partial charge in [-0.25, -0.2) is 4.79 Å². The van der Waals surface area contributed by atoms with E-state index in [2.05, 4.69) is 49.7 Å². The molecule has 2 rings (SSSR count). The molecule has 0 unspecified atom stereocenters. The van der Waals surface area contributed by atoms with Crippen LogP contribution < -0.4 is 4.74 Å². The SMILES string of the molecule is C=C(C)C(=O)OCCCCCCCCOc1ccc(N=Nc2cccc(C(C)(C)C)c2)cc1. The number of hydrogen-bond donors (Lipinski definition) is 0. The Kier molecular flexibility index (Phi) is 10.8. The largest absolute Gasteiger partial charge is 0.494 e. The van der Waals surface area contributed by atoms with E-state index in [1.54, 1.807) is 6.92 Å². The summed E-state index contributed by atoms with van der Waals surface area (Å²) in [6.45, 7) is 13.0. The molecule has 2 aromatic carbocycles. The molecule has 0 fully saturated rings. The normalized spacial score (nSPS) is 11.5. The van der Waals surface area contributed by atoms with Gasteiger partial charge in [0.15, 0.2) is 0 Å². The van der Waals surface area contributed by atoms with E-state index in [9.17, 15) is 4.79 Å². The summed E-state index contributed by atoms with van der Waals surface area (Å²) in [5.74, 6) is 0.553. The molecule has 0 radical (unpaired) electrons. The standard InChI is InChI=1S/C28H38N2O3/c1-22(2)27(31)33-20-11-9-7-6-8-10-19-32-26-17-15-24(16-18-26)29-30-25-14-12-13-23(21-25)28(3,4)5/h12-18,21H,1,6-11,19-20H2,2-5H3. The predicted molar refractivity (Wildman–Crippen MR) is 135 cm³/mol. The monoisotopic (exact) mass is 450 g/mol. The number of unbranched alkanes of at least 4 members (excludes halogenated alkanes) is 5. The quantitative estimate of drug-likeness (QED) is 0.134. The van der Waals surface area contributed by atoms with Crippen LogP contribution in [0.4, 0.5) is 11.4 Å². The van der Waals surface area contributed by atoms with Crippen molar-refractivity contribution in [1.82, 2.24) is 0 Å². The van der Waals surface area contributed by atoms with Gasteiger partial charge in [0.1, 0.15) is 5.75 Å². The first-order chi connectivity index (χ1) is 15.8. The maximum absolute atomic E-state index is 11.3. The summed E-state index contributed by atoms with van der Waals surface area (Å²) in [6.07, 6.45) is 6.43. The second kappa shape index (κ2) is 13.6. The van der Waals surface area contributed by atoms with Crippen molar-refractivity contribution in [3.05, 3.63) is 66.2 Å². The van der Waals surface area contributed by atoms with Gasteiger partial charge in [-0.1, -0.05) is 65.2 Å². The van der Waals surface area contributed by atoms with E-state index in [0.29, 0.717) is 18.8 Å². The van der Waals surface area contributed by atoms with Gasteiger partial charge in [0, 0.05) is 5.57 Å². The Morgan fingerprint density at radius 2 is 1.45 bits per heavy atom. The Labute approximate surface area is 198 Å². The van der Waals surface area contributed by atoms with E-state index in [4.69, 9.17) is 9.47 Å². The zero-order valence-electron chi connectivity index (χ0n) is 20.6. The van der Waals surface area contributed by atoms with Crippen LogP contribution in [0.2, 0.25) is 0 Å². The highest BCUT2D eigenvalue weighted by atomic mass is 16.5. The first-order valence-electron chi connectivity index (χ1n) is 11.8. The number of hydrogen-bond acceptors (Lipinski definition) is 5. The van der Waals surface area contributed by atoms with Crippen LogP contribution in [0.1, 0.15) is 71.8 Å². The van der Waals surface area contributed by atoms with Gasteiger partial charge in [-0.15, -0.1) is 0 Å². The van der Waals surface area contributed by atoms with Crippen molar-refractivity contribution in [2.75, 3.05) is 13.2 Å². The number of esters is 1. The minimum Gasteiger partial charge on any atom is -0.494 e. The second-order valence-corrected chi connectivity index (χ2v) is 9.38. The van der Waals surface area contributed by atoms with Crippen molar-refractivity contribution >= 4 is 17.3 Å². The first kappa shape index (κ1) is 26.3. The maximum atomic E-state index is 11.3. The summed E-state index contributed by atoms with van der Waals surface area (Å²) in [7, 11) is 0. The van der Waals surface area contributed by atoms with E-state index in [1.165, 1.54) is 5.56 Å². The van der Waals surface area contributed by atoms with Crippen molar-refractivity contribution < 1.29 is 14.3 Å². The van der Waals surface area contributed by atoms with Gasteiger partial charge in [-0.2, -0.15) is 10.2 Å². The molecule has 2 aromatic rings. The van der Waals surface area contributed by atoms with Crippen LogP contribution >= 0.6 is 0 Å². The molecule has 0 amide bonds. The molecule has 0 aliphatic rings. The molecule has 0 atom stereocenters.